The summed E-state index contributed by atoms with van der Waals surface area (Å²) in [5.41, 5.74) is 2.47. The summed E-state index contributed by atoms with van der Waals surface area (Å²) in [6.45, 7) is 2.84. The third kappa shape index (κ3) is 5.03. The third-order valence-electron chi connectivity index (χ3n) is 4.50. The van der Waals surface area contributed by atoms with Crippen LogP contribution in [0.4, 0.5) is 17.3 Å². The second-order valence-corrected chi connectivity index (χ2v) is 7.68. The Morgan fingerprint density at radius 3 is 2.38 bits per heavy atom. The molecule has 9 heteroatoms. The summed E-state index contributed by atoms with van der Waals surface area (Å²) < 4.78 is 43.8. The highest BCUT2D eigenvalue weighted by Gasteiger charge is 2.21. The van der Waals surface area contributed by atoms with Gasteiger partial charge < -0.3 is 22.4 Å². The van der Waals surface area contributed by atoms with Gasteiger partial charge in [0.15, 0.2) is 6.20 Å². The highest BCUT2D eigenvalue weighted by molar-refractivity contribution is 7.26. The Morgan fingerprint density at radius 1 is 1.03 bits per heavy atom. The van der Waals surface area contributed by atoms with Crippen molar-refractivity contribution in [2.24, 2.45) is 0 Å². The lowest BCUT2D eigenvalue weighted by Gasteiger charge is -2.05. The van der Waals surface area contributed by atoms with Gasteiger partial charge in [0.1, 0.15) is 11.2 Å². The van der Waals surface area contributed by atoms with Crippen molar-refractivity contribution in [3.63, 3.8) is 0 Å². The van der Waals surface area contributed by atoms with Crippen LogP contribution in [-0.4, -0.2) is 18.3 Å². The number of rotatable bonds is 4. The van der Waals surface area contributed by atoms with E-state index < -0.39 is 13.2 Å². The van der Waals surface area contributed by atoms with E-state index in [0.717, 1.165) is 0 Å². The first-order valence-electron chi connectivity index (χ1n) is 8.97. The maximum atomic E-state index is 10.9. The lowest BCUT2D eigenvalue weighted by Crippen LogP contribution is -2.34. The number of hydrogen-bond acceptors (Lipinski definition) is 2. The molecule has 0 amide bonds. The lowest BCUT2D eigenvalue weighted by atomic mass is 10.1. The van der Waals surface area contributed by atoms with Crippen LogP contribution in [0.15, 0.2) is 48.7 Å². The van der Waals surface area contributed by atoms with Crippen molar-refractivity contribution in [1.29, 1.82) is 0 Å². The average Bonchev–Trinajstić information content (AvgIpc) is 3.01. The first-order valence-corrected chi connectivity index (χ1v) is 9.79. The fourth-order valence-corrected chi connectivity index (χ4v) is 4.60. The van der Waals surface area contributed by atoms with Crippen LogP contribution < -0.4 is 4.57 Å². The lowest BCUT2D eigenvalue weighted by molar-refractivity contribution is -0.669. The van der Waals surface area contributed by atoms with Crippen LogP contribution in [0.2, 0.25) is 0 Å². The van der Waals surface area contributed by atoms with Crippen LogP contribution in [0, 0.1) is 6.92 Å². The van der Waals surface area contributed by atoms with Gasteiger partial charge >= 0.3 is 13.2 Å². The summed E-state index contributed by atoms with van der Waals surface area (Å²) in [7, 11) is -6.00. The molecule has 1 N–H and O–H groups in total. The molecule has 0 saturated heterocycles. The molecule has 0 aliphatic heterocycles. The Balaban J connectivity index is 0.000000431. The van der Waals surface area contributed by atoms with Crippen LogP contribution in [0.25, 0.3) is 31.1 Å². The number of aliphatic carboxylic acids is 1. The van der Waals surface area contributed by atoms with Crippen LogP contribution in [0.1, 0.15) is 18.4 Å². The normalized spacial score (nSPS) is 11.6. The zero-order valence-corrected chi connectivity index (χ0v) is 16.4. The summed E-state index contributed by atoms with van der Waals surface area (Å²) >= 11 is 1.82. The topological polar surface area (TPSA) is 41.2 Å². The highest BCUT2D eigenvalue weighted by atomic mass is 32.1. The van der Waals surface area contributed by atoms with Gasteiger partial charge in [-0.25, -0.2) is 0 Å². The van der Waals surface area contributed by atoms with Crippen molar-refractivity contribution in [3.05, 3.63) is 54.2 Å². The number of pyridine rings is 1. The van der Waals surface area contributed by atoms with Crippen LogP contribution in [0.5, 0.6) is 0 Å². The van der Waals surface area contributed by atoms with E-state index in [1.807, 2.05) is 11.3 Å². The summed E-state index contributed by atoms with van der Waals surface area (Å²) in [6.07, 6.45) is 3.02. The van der Waals surface area contributed by atoms with Gasteiger partial charge in [-0.15, -0.1) is 11.3 Å². The number of aromatic nitrogens is 1. The SMILES string of the molecule is Cc1cccc2c1c[n+](CCCC(=O)O)c1c3ccccc3sc21.F[B-](F)(F)F. The molecule has 152 valence electrons. The molecule has 2 aromatic carbocycles. The number of carboxylic acids is 1. The molecule has 0 atom stereocenters. The second-order valence-electron chi connectivity index (χ2n) is 6.63. The number of carbonyl (C=O) groups is 1. The summed E-state index contributed by atoms with van der Waals surface area (Å²) in [5.74, 6) is -0.737. The van der Waals surface area contributed by atoms with Crippen LogP contribution in [0.3, 0.4) is 0 Å². The molecule has 0 saturated carbocycles. The first kappa shape index (κ1) is 21.0. The molecule has 0 unspecified atom stereocenters. The minimum absolute atomic E-state index is 0.197. The van der Waals surface area contributed by atoms with Crippen molar-refractivity contribution in [2.75, 3.05) is 0 Å². The fourth-order valence-electron chi connectivity index (χ4n) is 3.35. The molecule has 0 fully saturated rings. The van der Waals surface area contributed by atoms with Gasteiger partial charge in [-0.2, -0.15) is 4.57 Å². The van der Waals surface area contributed by atoms with Gasteiger partial charge in [0.25, 0.3) is 0 Å². The molecule has 2 heterocycles. The van der Waals surface area contributed by atoms with Crippen molar-refractivity contribution in [1.82, 2.24) is 0 Å². The maximum Gasteiger partial charge on any atom is 0.673 e. The molecular weight excluding hydrogens is 405 g/mol. The van der Waals surface area contributed by atoms with Gasteiger partial charge in [0.05, 0.1) is 17.2 Å². The zero-order chi connectivity index (χ0) is 21.2. The quantitative estimate of drug-likeness (QED) is 0.250. The van der Waals surface area contributed by atoms with Crippen molar-refractivity contribution >= 4 is 55.6 Å². The van der Waals surface area contributed by atoms with Crippen LogP contribution >= 0.6 is 11.3 Å². The number of halogens is 4. The molecule has 0 bridgehead atoms. The number of carboxylic acid groups (broad SMARTS) is 1. The van der Waals surface area contributed by atoms with E-state index in [-0.39, 0.29) is 6.42 Å². The molecule has 0 aliphatic rings. The predicted octanol–water partition coefficient (Wildman–Crippen LogP) is 5.97. The van der Waals surface area contributed by atoms with Crippen molar-refractivity contribution in [2.45, 2.75) is 26.3 Å². The van der Waals surface area contributed by atoms with E-state index in [4.69, 9.17) is 5.11 Å². The Bertz CT molecular complexity index is 1180. The standard InChI is InChI=1S/C20H17NO2S.BF4/c1-13-6-4-8-14-16(13)12-21(11-5-10-18(22)23)19-15-7-2-3-9-17(15)24-20(14)19;2-1(3,4)5/h2-4,6-9,12H,5,10-11H2,1H3;/q;-1/p+1. The van der Waals surface area contributed by atoms with Crippen molar-refractivity contribution in [3.8, 4) is 0 Å². The van der Waals surface area contributed by atoms with E-state index in [2.05, 4.69) is 60.2 Å². The summed E-state index contributed by atoms with van der Waals surface area (Å²) in [5, 5.41) is 12.7. The molecule has 4 aromatic rings. The predicted molar refractivity (Wildman–Crippen MR) is 109 cm³/mol. The molecule has 0 aliphatic carbocycles. The van der Waals surface area contributed by atoms with E-state index in [1.54, 1.807) is 0 Å². The zero-order valence-electron chi connectivity index (χ0n) is 15.5. The minimum Gasteiger partial charge on any atom is -0.481 e. The van der Waals surface area contributed by atoms with E-state index in [9.17, 15) is 22.1 Å². The molecule has 2 aromatic heterocycles. The number of benzene rings is 2. The smallest absolute Gasteiger partial charge is 0.481 e. The summed E-state index contributed by atoms with van der Waals surface area (Å²) in [6, 6.07) is 14.9. The second kappa shape index (κ2) is 8.36. The molecular formula is C20H18BF4NO2S. The Kier molecular flexibility index (Phi) is 6.07. The van der Waals surface area contributed by atoms with E-state index in [1.165, 1.54) is 36.6 Å². The minimum atomic E-state index is -6.00. The van der Waals surface area contributed by atoms with E-state index in [0.29, 0.717) is 13.0 Å². The summed E-state index contributed by atoms with van der Waals surface area (Å²) in [4.78, 5) is 10.9. The maximum absolute atomic E-state index is 10.9. The highest BCUT2D eigenvalue weighted by Crippen LogP contribution is 2.36. The van der Waals surface area contributed by atoms with Gasteiger partial charge in [0.2, 0.25) is 5.52 Å². The molecule has 3 nitrogen and oxygen atoms in total. The third-order valence-corrected chi connectivity index (χ3v) is 5.69. The molecule has 4 rings (SSSR count). The molecule has 0 spiro atoms. The number of thiophene rings is 1. The Morgan fingerprint density at radius 2 is 1.69 bits per heavy atom. The van der Waals surface area contributed by atoms with Gasteiger partial charge in [-0.05, 0) is 24.6 Å². The monoisotopic (exact) mass is 423 g/mol. The van der Waals surface area contributed by atoms with Crippen molar-refractivity contribution < 1.29 is 31.7 Å². The first-order chi connectivity index (χ1) is 13.6. The van der Waals surface area contributed by atoms with Gasteiger partial charge in [-0.1, -0.05) is 30.3 Å². The Labute approximate surface area is 168 Å². The van der Waals surface area contributed by atoms with Gasteiger partial charge in [-0.3, -0.25) is 4.79 Å². The fraction of sp³-hybridized carbons (Fsp3) is 0.200. The number of hydrogen-bond donors (Lipinski definition) is 1. The number of fused-ring (bicyclic) bond motifs is 5. The number of nitrogens with zero attached hydrogens (tertiary/aromatic N) is 1. The number of aryl methyl sites for hydroxylation is 2. The van der Waals surface area contributed by atoms with Crippen LogP contribution in [-0.2, 0) is 11.3 Å². The van der Waals surface area contributed by atoms with E-state index >= 15 is 0 Å². The average molecular weight is 423 g/mol. The largest absolute Gasteiger partial charge is 0.673 e. The Hall–Kier alpha value is -2.68. The molecule has 0 radical (unpaired) electrons. The van der Waals surface area contributed by atoms with Gasteiger partial charge in [0, 0.05) is 16.5 Å². The molecule has 29 heavy (non-hydrogen) atoms.